The summed E-state index contributed by atoms with van der Waals surface area (Å²) >= 11 is 6.05. The number of fused-ring (bicyclic) bond motifs is 1. The van der Waals surface area contributed by atoms with Crippen LogP contribution in [0.15, 0.2) is 24.7 Å². The lowest BCUT2D eigenvalue weighted by Crippen LogP contribution is -2.41. The molecule has 1 amide bonds. The Labute approximate surface area is 176 Å². The quantitative estimate of drug-likeness (QED) is 0.606. The molecule has 0 spiro atoms. The topological polar surface area (TPSA) is 90.0 Å². The van der Waals surface area contributed by atoms with Gasteiger partial charge in [-0.2, -0.15) is 0 Å². The summed E-state index contributed by atoms with van der Waals surface area (Å²) < 4.78 is 14.4. The summed E-state index contributed by atoms with van der Waals surface area (Å²) in [4.78, 5) is 31.6. The second kappa shape index (κ2) is 8.71. The lowest BCUT2D eigenvalue weighted by molar-refractivity contribution is -0.129. The van der Waals surface area contributed by atoms with Crippen molar-refractivity contribution in [2.24, 2.45) is 0 Å². The zero-order valence-electron chi connectivity index (χ0n) is 16.7. The van der Waals surface area contributed by atoms with E-state index < -0.39 is 11.9 Å². The van der Waals surface area contributed by atoms with Crippen molar-refractivity contribution in [2.75, 3.05) is 40.1 Å². The molecule has 0 unspecified atom stereocenters. The van der Waals surface area contributed by atoms with Crippen molar-refractivity contribution >= 4 is 34.4 Å². The third-order valence-corrected chi connectivity index (χ3v) is 4.60. The molecule has 0 aromatic carbocycles. The molecule has 8 nitrogen and oxygen atoms in total. The normalized spacial score (nSPS) is 12.4. The molecular weight excluding hydrogens is 397 g/mol. The fraction of sp³-hybridized carbons (Fsp3) is 0.368. The molecule has 0 aliphatic rings. The molecule has 158 valence electrons. The van der Waals surface area contributed by atoms with E-state index in [1.165, 1.54) is 11.1 Å². The Bertz CT molecular complexity index is 1030. The number of H-pyrrole nitrogens is 1. The summed E-state index contributed by atoms with van der Waals surface area (Å²) in [7, 11) is 7.15. The number of hydrogen-bond acceptors (Lipinski definition) is 6. The summed E-state index contributed by atoms with van der Waals surface area (Å²) in [6.07, 6.45) is 4.81. The second-order valence-electron chi connectivity index (χ2n) is 7.16. The number of halogens is 2. The molecule has 0 saturated heterocycles. The van der Waals surface area contributed by atoms with Crippen LogP contribution in [0, 0.1) is 5.82 Å². The minimum absolute atomic E-state index is 0. The van der Waals surface area contributed by atoms with E-state index >= 15 is 0 Å². The minimum Gasteiger partial charge on any atom is -0.356 e. The van der Waals surface area contributed by atoms with E-state index in [-0.39, 0.29) is 14.6 Å². The van der Waals surface area contributed by atoms with Gasteiger partial charge in [0.15, 0.2) is 17.5 Å². The van der Waals surface area contributed by atoms with Gasteiger partial charge >= 0.3 is 0 Å². The predicted molar refractivity (Wildman–Crippen MR) is 116 cm³/mol. The number of hydrogen-bond donors (Lipinski definition) is 2. The molecule has 3 aromatic rings. The lowest BCUT2D eigenvalue weighted by Gasteiger charge is -2.23. The van der Waals surface area contributed by atoms with Crippen molar-refractivity contribution in [2.45, 2.75) is 12.5 Å². The largest absolute Gasteiger partial charge is 0.356 e. The Morgan fingerprint density at radius 1 is 1.31 bits per heavy atom. The average molecular weight is 424 g/mol. The monoisotopic (exact) mass is 423 g/mol. The molecule has 0 aliphatic heterocycles. The number of carbonyl (C=O) groups excluding carboxylic acids is 1. The smallest absolute Gasteiger partial charge is 0.244 e. The van der Waals surface area contributed by atoms with E-state index in [9.17, 15) is 9.18 Å². The van der Waals surface area contributed by atoms with Crippen LogP contribution in [0.1, 0.15) is 9.27 Å². The molecule has 0 fully saturated rings. The highest BCUT2D eigenvalue weighted by Gasteiger charge is 2.23. The Kier molecular flexibility index (Phi) is 6.29. The molecule has 3 aromatic heterocycles. The van der Waals surface area contributed by atoms with Gasteiger partial charge in [-0.1, -0.05) is 11.6 Å². The number of anilines is 1. The van der Waals surface area contributed by atoms with Crippen LogP contribution in [0.3, 0.4) is 0 Å². The number of likely N-dealkylation sites (N-methyl/N-ethyl adjacent to an activating group) is 1. The third-order valence-electron chi connectivity index (χ3n) is 4.40. The average Bonchev–Trinajstić information content (AvgIpc) is 3.08. The summed E-state index contributed by atoms with van der Waals surface area (Å²) in [5.74, 6) is -0.521. The summed E-state index contributed by atoms with van der Waals surface area (Å²) in [5.41, 5.74) is 1.26. The van der Waals surface area contributed by atoms with Crippen molar-refractivity contribution in [3.8, 4) is 11.4 Å². The molecule has 29 heavy (non-hydrogen) atoms. The summed E-state index contributed by atoms with van der Waals surface area (Å²) in [6.45, 7) is 0.656. The maximum atomic E-state index is 14.4. The molecule has 3 rings (SSSR count). The molecule has 0 bridgehead atoms. The van der Waals surface area contributed by atoms with Crippen LogP contribution < -0.4 is 5.32 Å². The van der Waals surface area contributed by atoms with Crippen molar-refractivity contribution in [3.63, 3.8) is 0 Å². The second-order valence-corrected chi connectivity index (χ2v) is 7.60. The number of aromatic nitrogens is 4. The van der Waals surface area contributed by atoms with Gasteiger partial charge in [0.25, 0.3) is 0 Å². The highest BCUT2D eigenvalue weighted by Crippen LogP contribution is 2.28. The molecule has 2 N–H and O–H groups in total. The van der Waals surface area contributed by atoms with Gasteiger partial charge in [-0.15, -0.1) is 0 Å². The van der Waals surface area contributed by atoms with Crippen molar-refractivity contribution < 1.29 is 12.0 Å². The number of carbonyl (C=O) groups is 1. The van der Waals surface area contributed by atoms with Crippen LogP contribution in [-0.2, 0) is 4.79 Å². The van der Waals surface area contributed by atoms with Gasteiger partial charge < -0.3 is 20.1 Å². The van der Waals surface area contributed by atoms with E-state index in [4.69, 9.17) is 11.6 Å². The number of nitrogens with one attached hydrogen (secondary N) is 2. The minimum atomic E-state index is -0.633. The molecule has 0 radical (unpaired) electrons. The first-order chi connectivity index (χ1) is 13.8. The SMILES string of the molecule is CN(C)CC[C@H](Nc1nc(-c2c[nH]c3ncc(Cl)cc23)ncc1F)C(=O)N(C)C.[HH].[HH]. The van der Waals surface area contributed by atoms with Gasteiger partial charge in [-0.25, -0.2) is 19.3 Å². The highest BCUT2D eigenvalue weighted by molar-refractivity contribution is 6.31. The standard InChI is InChI=1S/C19H23ClFN7O.2H2/c1-27(2)6-5-15(19(29)28(3)4)25-18-14(21)10-24-17(26-18)13-9-23-16-12(13)7-11(20)8-22-16;;/h7-10,15H,5-6H2,1-4H3,(H,22,23)(H,24,25,26);2*1H/t15-;;/m0../s1. The Morgan fingerprint density at radius 3 is 2.76 bits per heavy atom. The first-order valence-corrected chi connectivity index (χ1v) is 9.42. The van der Waals surface area contributed by atoms with E-state index in [1.807, 2.05) is 19.0 Å². The molecule has 0 saturated carbocycles. The van der Waals surface area contributed by atoms with Crippen molar-refractivity contribution in [1.29, 1.82) is 0 Å². The number of nitrogens with zero attached hydrogens (tertiary/aromatic N) is 5. The predicted octanol–water partition coefficient (Wildman–Crippen LogP) is 3.12. The number of amides is 1. The number of aromatic amines is 1. The fourth-order valence-corrected chi connectivity index (χ4v) is 3.04. The van der Waals surface area contributed by atoms with Crippen LogP contribution >= 0.6 is 11.6 Å². The van der Waals surface area contributed by atoms with E-state index in [2.05, 4.69) is 25.3 Å². The van der Waals surface area contributed by atoms with E-state index in [1.54, 1.807) is 26.4 Å². The zero-order chi connectivity index (χ0) is 21.1. The van der Waals surface area contributed by atoms with E-state index in [0.717, 1.165) is 11.6 Å². The molecule has 3 heterocycles. The van der Waals surface area contributed by atoms with Gasteiger partial charge in [0, 0.05) is 40.3 Å². The summed E-state index contributed by atoms with van der Waals surface area (Å²) in [5, 5.41) is 4.15. The van der Waals surface area contributed by atoms with Crippen molar-refractivity contribution in [3.05, 3.63) is 35.5 Å². The lowest BCUT2D eigenvalue weighted by atomic mass is 10.1. The number of pyridine rings is 1. The Balaban J connectivity index is 0.00000240. The van der Waals surface area contributed by atoms with E-state index in [0.29, 0.717) is 35.0 Å². The zero-order valence-corrected chi connectivity index (χ0v) is 17.5. The number of rotatable bonds is 7. The van der Waals surface area contributed by atoms with Crippen LogP contribution in [0.4, 0.5) is 10.2 Å². The van der Waals surface area contributed by atoms with Gasteiger partial charge in [0.1, 0.15) is 11.7 Å². The molecule has 0 aliphatic carbocycles. The van der Waals surface area contributed by atoms with Crippen LogP contribution in [0.25, 0.3) is 22.4 Å². The molecule has 1 atom stereocenters. The fourth-order valence-electron chi connectivity index (χ4n) is 2.88. The first-order valence-electron chi connectivity index (χ1n) is 9.04. The van der Waals surface area contributed by atoms with Crippen LogP contribution in [0.5, 0.6) is 0 Å². The van der Waals surface area contributed by atoms with Gasteiger partial charge in [-0.05, 0) is 33.1 Å². The maximum absolute atomic E-state index is 14.4. The van der Waals surface area contributed by atoms with Gasteiger partial charge in [-0.3, -0.25) is 4.79 Å². The highest BCUT2D eigenvalue weighted by atomic mass is 35.5. The molecule has 10 heteroatoms. The first kappa shape index (κ1) is 20.9. The van der Waals surface area contributed by atoms with Gasteiger partial charge in [0.05, 0.1) is 11.2 Å². The molecular formula is C19H27ClFN7O. The van der Waals surface area contributed by atoms with Gasteiger partial charge in [0.2, 0.25) is 5.91 Å². The Morgan fingerprint density at radius 2 is 2.07 bits per heavy atom. The summed E-state index contributed by atoms with van der Waals surface area (Å²) in [6, 6.07) is 1.12. The maximum Gasteiger partial charge on any atom is 0.244 e. The van der Waals surface area contributed by atoms with Crippen LogP contribution in [0.2, 0.25) is 5.02 Å². The van der Waals surface area contributed by atoms with Crippen LogP contribution in [-0.4, -0.2) is 76.4 Å². The third kappa shape index (κ3) is 4.80. The van der Waals surface area contributed by atoms with Crippen molar-refractivity contribution in [1.82, 2.24) is 29.7 Å². The Hall–Kier alpha value is -2.78.